The van der Waals surface area contributed by atoms with Crippen molar-refractivity contribution in [1.29, 1.82) is 0 Å². The number of hydrogen-bond donors (Lipinski definition) is 2. The molecule has 1 atom stereocenters. The van der Waals surface area contributed by atoms with Gasteiger partial charge in [0.25, 0.3) is 11.5 Å². The van der Waals surface area contributed by atoms with Crippen molar-refractivity contribution in [3.63, 3.8) is 0 Å². The minimum absolute atomic E-state index is 0.326. The second kappa shape index (κ2) is 8.76. The quantitative estimate of drug-likeness (QED) is 0.650. The number of fused-ring (bicyclic) bond motifs is 1. The second-order valence-electron chi connectivity index (χ2n) is 5.99. The molecule has 0 saturated heterocycles. The lowest BCUT2D eigenvalue weighted by molar-refractivity contribution is -0.149. The Morgan fingerprint density at radius 2 is 2.04 bits per heavy atom. The number of aromatic nitrogens is 2. The highest BCUT2D eigenvalue weighted by Gasteiger charge is 2.17. The van der Waals surface area contributed by atoms with Crippen molar-refractivity contribution in [3.8, 4) is 0 Å². The number of amides is 2. The van der Waals surface area contributed by atoms with Gasteiger partial charge in [-0.15, -0.1) is 11.3 Å². The molecule has 0 bridgehead atoms. The summed E-state index contributed by atoms with van der Waals surface area (Å²) in [5.41, 5.74) is 0.516. The van der Waals surface area contributed by atoms with Crippen LogP contribution < -0.4 is 16.2 Å². The van der Waals surface area contributed by atoms with E-state index in [0.29, 0.717) is 16.8 Å². The van der Waals surface area contributed by atoms with Crippen LogP contribution in [0.15, 0.2) is 11.1 Å². The lowest BCUT2D eigenvalue weighted by atomic mass is 10.2. The minimum Gasteiger partial charge on any atom is -0.454 e. The summed E-state index contributed by atoms with van der Waals surface area (Å²) < 4.78 is 6.04. The molecule has 0 unspecified atom stereocenters. The summed E-state index contributed by atoms with van der Waals surface area (Å²) in [5, 5.41) is 5.48. The lowest BCUT2D eigenvalue weighted by Gasteiger charge is -2.13. The number of hydrogen-bond acceptors (Lipinski definition) is 7. The normalized spacial score (nSPS) is 11.9. The Bertz CT molecular complexity index is 933. The van der Waals surface area contributed by atoms with E-state index in [1.54, 1.807) is 6.92 Å². The zero-order valence-electron chi connectivity index (χ0n) is 15.6. The maximum Gasteiger partial charge on any atom is 0.326 e. The van der Waals surface area contributed by atoms with Gasteiger partial charge in [-0.1, -0.05) is 0 Å². The van der Waals surface area contributed by atoms with E-state index in [1.165, 1.54) is 24.6 Å². The molecule has 0 aliphatic rings. The Labute approximate surface area is 159 Å². The fourth-order valence-corrected chi connectivity index (χ4v) is 3.38. The first-order valence-corrected chi connectivity index (χ1v) is 9.24. The van der Waals surface area contributed by atoms with Gasteiger partial charge in [-0.3, -0.25) is 23.7 Å². The summed E-state index contributed by atoms with van der Waals surface area (Å²) in [6, 6.07) is -0.741. The monoisotopic (exact) mass is 394 g/mol. The molecule has 2 aromatic heterocycles. The molecule has 27 heavy (non-hydrogen) atoms. The van der Waals surface area contributed by atoms with Crippen LogP contribution in [0.3, 0.4) is 0 Å². The number of nitrogens with zero attached hydrogens (tertiary/aromatic N) is 2. The Morgan fingerprint density at radius 3 is 2.70 bits per heavy atom. The Hall–Kier alpha value is -2.75. The highest BCUT2D eigenvalue weighted by molar-refractivity contribution is 7.18. The zero-order chi connectivity index (χ0) is 20.1. The number of thiophene rings is 1. The number of rotatable bonds is 7. The van der Waals surface area contributed by atoms with Crippen molar-refractivity contribution in [2.45, 2.75) is 40.3 Å². The van der Waals surface area contributed by atoms with Gasteiger partial charge < -0.3 is 15.4 Å². The number of esters is 1. The van der Waals surface area contributed by atoms with Crippen molar-refractivity contribution >= 4 is 39.3 Å². The van der Waals surface area contributed by atoms with E-state index in [9.17, 15) is 19.2 Å². The van der Waals surface area contributed by atoms with Gasteiger partial charge in [-0.05, 0) is 33.3 Å². The maximum absolute atomic E-state index is 12.5. The molecule has 0 radical (unpaired) electrons. The molecule has 0 fully saturated rings. The molecule has 0 aliphatic heterocycles. The summed E-state index contributed by atoms with van der Waals surface area (Å²) in [5.74, 6) is -1.68. The molecule has 0 aromatic carbocycles. The smallest absolute Gasteiger partial charge is 0.326 e. The molecule has 10 heteroatoms. The largest absolute Gasteiger partial charge is 0.454 e. The second-order valence-corrected chi connectivity index (χ2v) is 7.19. The molecule has 2 rings (SSSR count). The molecule has 0 saturated carbocycles. The predicted molar refractivity (Wildman–Crippen MR) is 101 cm³/mol. The van der Waals surface area contributed by atoms with E-state index >= 15 is 0 Å². The fraction of sp³-hybridized carbons (Fsp3) is 0.471. The topological polar surface area (TPSA) is 119 Å². The fourth-order valence-electron chi connectivity index (χ4n) is 2.39. The highest BCUT2D eigenvalue weighted by atomic mass is 32.1. The number of likely N-dealkylation sites (N-methyl/N-ethyl adjacent to an activating group) is 1. The van der Waals surface area contributed by atoms with E-state index < -0.39 is 24.5 Å². The van der Waals surface area contributed by atoms with Crippen LogP contribution in [0.4, 0.5) is 0 Å². The van der Waals surface area contributed by atoms with Crippen molar-refractivity contribution < 1.29 is 19.1 Å². The summed E-state index contributed by atoms with van der Waals surface area (Å²) in [7, 11) is 0. The molecule has 0 aliphatic carbocycles. The van der Waals surface area contributed by atoms with E-state index in [1.807, 2.05) is 13.8 Å². The lowest BCUT2D eigenvalue weighted by Crippen LogP contribution is -2.46. The number of ether oxygens (including phenoxy) is 1. The minimum atomic E-state index is -0.747. The SMILES string of the molecule is CCNC(=O)[C@H](C)NC(=O)COC(=O)Cn1cnc2sc(C)c(C)c2c1=O. The van der Waals surface area contributed by atoms with Crippen LogP contribution in [-0.4, -0.2) is 46.5 Å². The van der Waals surface area contributed by atoms with Crippen LogP contribution >= 0.6 is 11.3 Å². The molecule has 9 nitrogen and oxygen atoms in total. The van der Waals surface area contributed by atoms with Crippen LogP contribution in [0.1, 0.15) is 24.3 Å². The van der Waals surface area contributed by atoms with E-state index in [-0.39, 0.29) is 18.0 Å². The van der Waals surface area contributed by atoms with Gasteiger partial charge in [0.1, 0.15) is 17.4 Å². The summed E-state index contributed by atoms with van der Waals surface area (Å²) in [6.45, 7) is 6.58. The standard InChI is InChI=1S/C17H22N4O5S/c1-5-18-15(24)10(3)20-12(22)7-26-13(23)6-21-8-19-16-14(17(21)25)9(2)11(4)27-16/h8,10H,5-7H2,1-4H3,(H,18,24)(H,20,22)/t10-/m0/s1. The van der Waals surface area contributed by atoms with Gasteiger partial charge in [0.15, 0.2) is 6.61 Å². The third kappa shape index (κ3) is 4.91. The van der Waals surface area contributed by atoms with Crippen molar-refractivity contribution in [3.05, 3.63) is 27.1 Å². The van der Waals surface area contributed by atoms with Crippen molar-refractivity contribution in [2.75, 3.05) is 13.2 Å². The molecule has 2 amide bonds. The van der Waals surface area contributed by atoms with Gasteiger partial charge in [0.05, 0.1) is 11.7 Å². The average Bonchev–Trinajstić information content (AvgIpc) is 2.90. The molecule has 146 valence electrons. The predicted octanol–water partition coefficient (Wildman–Crippen LogP) is 0.259. The van der Waals surface area contributed by atoms with Crippen LogP contribution in [-0.2, 0) is 25.7 Å². The van der Waals surface area contributed by atoms with E-state index in [0.717, 1.165) is 15.0 Å². The highest BCUT2D eigenvalue weighted by Crippen LogP contribution is 2.25. The van der Waals surface area contributed by atoms with Crippen molar-refractivity contribution in [1.82, 2.24) is 20.2 Å². The first kappa shape index (κ1) is 20.6. The molecule has 2 aromatic rings. The number of nitrogens with one attached hydrogen (secondary N) is 2. The van der Waals surface area contributed by atoms with Gasteiger partial charge >= 0.3 is 5.97 Å². The van der Waals surface area contributed by atoms with Crippen LogP contribution in [0, 0.1) is 13.8 Å². The third-order valence-corrected chi connectivity index (χ3v) is 5.06. The Morgan fingerprint density at radius 1 is 1.33 bits per heavy atom. The van der Waals surface area contributed by atoms with E-state index in [2.05, 4.69) is 15.6 Å². The first-order valence-electron chi connectivity index (χ1n) is 8.42. The molecule has 0 spiro atoms. The molecular weight excluding hydrogens is 372 g/mol. The Balaban J connectivity index is 1.94. The van der Waals surface area contributed by atoms with Gasteiger partial charge in [-0.25, -0.2) is 4.98 Å². The first-order chi connectivity index (χ1) is 12.7. The van der Waals surface area contributed by atoms with Gasteiger partial charge in [-0.2, -0.15) is 0 Å². The van der Waals surface area contributed by atoms with E-state index in [4.69, 9.17) is 4.74 Å². The van der Waals surface area contributed by atoms with Crippen LogP contribution in [0.5, 0.6) is 0 Å². The number of carbonyl (C=O) groups excluding carboxylic acids is 3. The molecule has 2 N–H and O–H groups in total. The van der Waals surface area contributed by atoms with Crippen LogP contribution in [0.2, 0.25) is 0 Å². The Kier molecular flexibility index (Phi) is 6.67. The molecule has 2 heterocycles. The summed E-state index contributed by atoms with van der Waals surface area (Å²) in [4.78, 5) is 53.6. The van der Waals surface area contributed by atoms with Crippen LogP contribution in [0.25, 0.3) is 10.2 Å². The summed E-state index contributed by atoms with van der Waals surface area (Å²) >= 11 is 1.42. The zero-order valence-corrected chi connectivity index (χ0v) is 16.4. The van der Waals surface area contributed by atoms with Crippen molar-refractivity contribution in [2.24, 2.45) is 0 Å². The maximum atomic E-state index is 12.5. The summed E-state index contributed by atoms with van der Waals surface area (Å²) in [6.07, 6.45) is 1.29. The number of carbonyl (C=O) groups is 3. The third-order valence-electron chi connectivity index (χ3n) is 3.94. The number of aryl methyl sites for hydroxylation is 2. The molecular formula is C17H22N4O5S. The average molecular weight is 394 g/mol. The van der Waals surface area contributed by atoms with Gasteiger partial charge in [0.2, 0.25) is 5.91 Å². The van der Waals surface area contributed by atoms with Gasteiger partial charge in [0, 0.05) is 11.4 Å².